The summed E-state index contributed by atoms with van der Waals surface area (Å²) in [7, 11) is 5.30. The van der Waals surface area contributed by atoms with E-state index in [1.807, 2.05) is 0 Å². The van der Waals surface area contributed by atoms with Gasteiger partial charge in [0.2, 0.25) is 0 Å². The largest absolute Gasteiger partial charge is 0.416 e. The van der Waals surface area contributed by atoms with Gasteiger partial charge in [-0.05, 0) is 18.6 Å². The minimum absolute atomic E-state index is 0.135. The van der Waals surface area contributed by atoms with E-state index >= 15 is 0 Å². The summed E-state index contributed by atoms with van der Waals surface area (Å²) in [4.78, 5) is 0. The number of hydrogen-bond acceptors (Lipinski definition) is 0. The second-order valence-corrected chi connectivity index (χ2v) is 2.79. The smallest absolute Gasteiger partial charge is 0.166 e. The van der Waals surface area contributed by atoms with Gasteiger partial charge in [0.05, 0.1) is 13.4 Å². The van der Waals surface area contributed by atoms with Gasteiger partial charge in [0.15, 0.2) is 0 Å². The van der Waals surface area contributed by atoms with Crippen molar-refractivity contribution in [2.45, 2.75) is 19.4 Å². The lowest BCUT2D eigenvalue weighted by Crippen LogP contribution is -2.08. The van der Waals surface area contributed by atoms with Gasteiger partial charge in [-0.3, -0.25) is 0 Å². The van der Waals surface area contributed by atoms with Crippen LogP contribution in [-0.4, -0.2) is 7.85 Å². The van der Waals surface area contributed by atoms with Crippen molar-refractivity contribution in [1.29, 1.82) is 0 Å². The number of halogens is 3. The van der Waals surface area contributed by atoms with E-state index in [-0.39, 0.29) is 11.9 Å². The molecule has 1 aromatic rings. The summed E-state index contributed by atoms with van der Waals surface area (Å²) in [5.74, 6) is 0. The van der Waals surface area contributed by atoms with Crippen LogP contribution in [0.15, 0.2) is 18.2 Å². The normalized spacial score (nSPS) is 11.7. The van der Waals surface area contributed by atoms with Crippen molar-refractivity contribution < 1.29 is 13.2 Å². The molecule has 4 heteroatoms. The van der Waals surface area contributed by atoms with E-state index in [2.05, 4.69) is 0 Å². The van der Waals surface area contributed by atoms with Crippen LogP contribution in [-0.2, 0) is 12.5 Å². The molecular weight excluding hydrogens is 176 g/mol. The van der Waals surface area contributed by atoms with Crippen molar-refractivity contribution in [3.8, 4) is 0 Å². The van der Waals surface area contributed by atoms with Crippen LogP contribution in [0.1, 0.15) is 16.7 Å². The van der Waals surface area contributed by atoms with E-state index in [0.29, 0.717) is 5.56 Å². The summed E-state index contributed by atoms with van der Waals surface area (Å²) >= 11 is 0. The molecule has 0 aliphatic carbocycles. The molecule has 1 rings (SSSR count). The molecule has 13 heavy (non-hydrogen) atoms. The van der Waals surface area contributed by atoms with Gasteiger partial charge in [-0.2, -0.15) is 13.2 Å². The first-order chi connectivity index (χ1) is 5.96. The van der Waals surface area contributed by atoms with E-state index in [0.717, 1.165) is 6.07 Å². The van der Waals surface area contributed by atoms with Crippen molar-refractivity contribution >= 4 is 7.85 Å². The molecule has 0 aromatic heterocycles. The van der Waals surface area contributed by atoms with Crippen LogP contribution in [0.2, 0.25) is 0 Å². The fourth-order valence-electron chi connectivity index (χ4n) is 1.21. The second-order valence-electron chi connectivity index (χ2n) is 2.79. The Balaban J connectivity index is 3.24. The minimum atomic E-state index is -4.28. The molecule has 0 atom stereocenters. The number of alkyl halides is 3. The highest BCUT2D eigenvalue weighted by Gasteiger charge is 2.32. The second kappa shape index (κ2) is 3.44. The van der Waals surface area contributed by atoms with E-state index < -0.39 is 11.7 Å². The quantitative estimate of drug-likeness (QED) is 0.588. The van der Waals surface area contributed by atoms with Crippen LogP contribution < -0.4 is 0 Å². The van der Waals surface area contributed by atoms with E-state index in [9.17, 15) is 13.2 Å². The minimum Gasteiger partial charge on any atom is -0.166 e. The van der Waals surface area contributed by atoms with Crippen LogP contribution >= 0.6 is 0 Å². The van der Waals surface area contributed by atoms with E-state index in [1.54, 1.807) is 6.07 Å². The van der Waals surface area contributed by atoms with Gasteiger partial charge in [0.25, 0.3) is 0 Å². The maximum absolute atomic E-state index is 12.3. The molecular formula is C9H8BF3. The summed E-state index contributed by atoms with van der Waals surface area (Å²) in [5, 5.41) is 0. The number of rotatable bonds is 1. The zero-order valence-corrected chi connectivity index (χ0v) is 7.15. The molecule has 0 bridgehead atoms. The molecule has 0 heterocycles. The van der Waals surface area contributed by atoms with Gasteiger partial charge in [-0.1, -0.05) is 24.0 Å². The fourth-order valence-corrected chi connectivity index (χ4v) is 1.21. The zero-order chi connectivity index (χ0) is 10.1. The average Bonchev–Trinajstić information content (AvgIpc) is 2.02. The maximum Gasteiger partial charge on any atom is 0.416 e. The van der Waals surface area contributed by atoms with Crippen molar-refractivity contribution in [3.05, 3.63) is 34.9 Å². The highest BCUT2D eigenvalue weighted by molar-refractivity contribution is 6.08. The third-order valence-electron chi connectivity index (χ3n) is 1.97. The van der Waals surface area contributed by atoms with Gasteiger partial charge >= 0.3 is 6.18 Å². The molecule has 0 aliphatic heterocycles. The highest BCUT2D eigenvalue weighted by Crippen LogP contribution is 2.32. The third kappa shape index (κ3) is 2.05. The van der Waals surface area contributed by atoms with Crippen LogP contribution in [0.25, 0.3) is 0 Å². The zero-order valence-electron chi connectivity index (χ0n) is 7.15. The third-order valence-corrected chi connectivity index (χ3v) is 1.97. The van der Waals surface area contributed by atoms with E-state index in [1.165, 1.54) is 13.0 Å². The van der Waals surface area contributed by atoms with Crippen molar-refractivity contribution in [1.82, 2.24) is 0 Å². The lowest BCUT2D eigenvalue weighted by Gasteiger charge is -2.12. The Morgan fingerprint density at radius 1 is 1.31 bits per heavy atom. The Morgan fingerprint density at radius 3 is 2.38 bits per heavy atom. The molecule has 2 radical (unpaired) electrons. The molecule has 0 aliphatic rings. The fraction of sp³-hybridized carbons (Fsp3) is 0.333. The molecule has 0 nitrogen and oxygen atoms in total. The Bertz CT molecular complexity index is 304. The topological polar surface area (TPSA) is 0 Å². The molecule has 0 spiro atoms. The van der Waals surface area contributed by atoms with Crippen LogP contribution in [0.3, 0.4) is 0 Å². The molecule has 0 fully saturated rings. The van der Waals surface area contributed by atoms with E-state index in [4.69, 9.17) is 7.85 Å². The van der Waals surface area contributed by atoms with Gasteiger partial charge in [-0.15, -0.1) is 0 Å². The summed E-state index contributed by atoms with van der Waals surface area (Å²) in [5.41, 5.74) is 0.155. The van der Waals surface area contributed by atoms with Crippen LogP contribution in [0, 0.1) is 6.92 Å². The summed E-state index contributed by atoms with van der Waals surface area (Å²) < 4.78 is 37.0. The van der Waals surface area contributed by atoms with Gasteiger partial charge in [0.1, 0.15) is 0 Å². The van der Waals surface area contributed by atoms with Crippen molar-refractivity contribution in [3.63, 3.8) is 0 Å². The Kier molecular flexibility index (Phi) is 2.69. The van der Waals surface area contributed by atoms with Gasteiger partial charge < -0.3 is 0 Å². The van der Waals surface area contributed by atoms with Gasteiger partial charge in [-0.25, -0.2) is 0 Å². The lowest BCUT2D eigenvalue weighted by atomic mass is 9.91. The monoisotopic (exact) mass is 184 g/mol. The molecule has 1 aromatic carbocycles. The summed E-state index contributed by atoms with van der Waals surface area (Å²) in [6, 6.07) is 4.04. The van der Waals surface area contributed by atoms with Crippen LogP contribution in [0.4, 0.5) is 13.2 Å². The molecule has 0 saturated heterocycles. The Hall–Kier alpha value is -0.925. The standard InChI is InChI=1S/C9H8BF3/c1-6-7(5-10)3-2-4-8(6)9(11,12)13/h2-4H,5H2,1H3. The predicted octanol–water partition coefficient (Wildman–Crippen LogP) is 2.68. The average molecular weight is 184 g/mol. The van der Waals surface area contributed by atoms with Gasteiger partial charge in [0, 0.05) is 0 Å². The first-order valence-corrected chi connectivity index (χ1v) is 3.82. The lowest BCUT2D eigenvalue weighted by molar-refractivity contribution is -0.138. The molecule has 0 amide bonds. The number of benzene rings is 1. The molecule has 0 N–H and O–H groups in total. The first-order valence-electron chi connectivity index (χ1n) is 3.82. The van der Waals surface area contributed by atoms with Crippen molar-refractivity contribution in [2.75, 3.05) is 0 Å². The SMILES string of the molecule is [B]Cc1cccc(C(F)(F)F)c1C. The van der Waals surface area contributed by atoms with Crippen molar-refractivity contribution in [2.24, 2.45) is 0 Å². The molecule has 0 saturated carbocycles. The summed E-state index contributed by atoms with van der Waals surface area (Å²) in [6.45, 7) is 1.44. The highest BCUT2D eigenvalue weighted by atomic mass is 19.4. The summed E-state index contributed by atoms with van der Waals surface area (Å²) in [6.07, 6.45) is -4.15. The first kappa shape index (κ1) is 10.2. The number of hydrogen-bond donors (Lipinski definition) is 0. The Morgan fingerprint density at radius 2 is 1.92 bits per heavy atom. The molecule has 68 valence electrons. The Labute approximate surface area is 76.2 Å². The molecule has 0 unspecified atom stereocenters. The predicted molar refractivity (Wildman–Crippen MR) is 45.6 cm³/mol. The van der Waals surface area contributed by atoms with Crippen LogP contribution in [0.5, 0.6) is 0 Å². The maximum atomic E-state index is 12.3.